The van der Waals surface area contributed by atoms with Crippen molar-refractivity contribution in [1.82, 2.24) is 19.5 Å². The number of H-pyrrole nitrogens is 1. The predicted octanol–water partition coefficient (Wildman–Crippen LogP) is -0.517. The molecule has 0 unspecified atom stereocenters. The molecule has 11 heteroatoms. The number of nitrogens with zero attached hydrogens (tertiary/aromatic N) is 3. The molecule has 0 aliphatic carbocycles. The van der Waals surface area contributed by atoms with Crippen molar-refractivity contribution in [2.24, 2.45) is 0 Å². The Bertz CT molecular complexity index is 1030. The van der Waals surface area contributed by atoms with E-state index >= 15 is 0 Å². The number of ether oxygens (including phenoxy) is 2. The summed E-state index contributed by atoms with van der Waals surface area (Å²) in [5, 5.41) is 32.9. The maximum Gasteiger partial charge on any atom is 0.278 e. The number of imidazole rings is 1. The number of rotatable bonds is 5. The Morgan fingerprint density at radius 3 is 2.68 bits per heavy atom. The zero-order valence-corrected chi connectivity index (χ0v) is 14.8. The van der Waals surface area contributed by atoms with Gasteiger partial charge < -0.3 is 35.1 Å². The van der Waals surface area contributed by atoms with E-state index in [1.165, 1.54) is 10.9 Å². The average molecular weight is 389 g/mol. The summed E-state index contributed by atoms with van der Waals surface area (Å²) >= 11 is 0. The van der Waals surface area contributed by atoms with Gasteiger partial charge in [0.05, 0.1) is 20.0 Å². The Morgan fingerprint density at radius 1 is 1.29 bits per heavy atom. The minimum Gasteiger partial charge on any atom is -0.497 e. The van der Waals surface area contributed by atoms with Crippen LogP contribution < -0.4 is 15.6 Å². The van der Waals surface area contributed by atoms with Crippen molar-refractivity contribution in [1.29, 1.82) is 0 Å². The van der Waals surface area contributed by atoms with E-state index in [1.807, 2.05) is 0 Å². The summed E-state index contributed by atoms with van der Waals surface area (Å²) in [6, 6.07) is 6.98. The molecule has 28 heavy (non-hydrogen) atoms. The van der Waals surface area contributed by atoms with E-state index < -0.39 is 36.7 Å². The number of methoxy groups -OCH3 is 1. The summed E-state index contributed by atoms with van der Waals surface area (Å²) in [6.45, 7) is -0.476. The number of aliphatic hydroxyl groups excluding tert-OH is 3. The molecule has 3 heterocycles. The highest BCUT2D eigenvalue weighted by molar-refractivity contribution is 5.75. The zero-order chi connectivity index (χ0) is 19.8. The molecule has 148 valence electrons. The molecule has 1 fully saturated rings. The van der Waals surface area contributed by atoms with Gasteiger partial charge in [0.25, 0.3) is 5.56 Å². The van der Waals surface area contributed by atoms with Gasteiger partial charge in [-0.25, -0.2) is 9.97 Å². The van der Waals surface area contributed by atoms with Crippen molar-refractivity contribution in [3.63, 3.8) is 0 Å². The maximum atomic E-state index is 12.2. The third-order valence-electron chi connectivity index (χ3n) is 4.60. The second-order valence-electron chi connectivity index (χ2n) is 6.29. The van der Waals surface area contributed by atoms with Gasteiger partial charge in [-0.3, -0.25) is 9.36 Å². The minimum atomic E-state index is -1.35. The van der Waals surface area contributed by atoms with Crippen LogP contribution in [-0.4, -0.2) is 66.9 Å². The lowest BCUT2D eigenvalue weighted by Crippen LogP contribution is -2.33. The Morgan fingerprint density at radius 2 is 2.04 bits per heavy atom. The summed E-state index contributed by atoms with van der Waals surface area (Å²) in [7, 11) is 1.56. The van der Waals surface area contributed by atoms with Crippen LogP contribution in [0.5, 0.6) is 5.75 Å². The van der Waals surface area contributed by atoms with Crippen LogP contribution in [-0.2, 0) is 4.74 Å². The molecule has 0 amide bonds. The highest BCUT2D eigenvalue weighted by atomic mass is 16.6. The Hall–Kier alpha value is -2.99. The molecule has 11 nitrogen and oxygen atoms in total. The molecule has 1 aliphatic heterocycles. The number of aromatic nitrogens is 4. The van der Waals surface area contributed by atoms with Crippen LogP contribution in [0.2, 0.25) is 0 Å². The molecule has 0 spiro atoms. The summed E-state index contributed by atoms with van der Waals surface area (Å²) < 4.78 is 12.1. The summed E-state index contributed by atoms with van der Waals surface area (Å²) in [5.74, 6) is 0.847. The van der Waals surface area contributed by atoms with E-state index in [0.717, 1.165) is 0 Å². The van der Waals surface area contributed by atoms with Crippen LogP contribution in [0.1, 0.15) is 6.23 Å². The van der Waals surface area contributed by atoms with E-state index in [9.17, 15) is 20.1 Å². The fraction of sp³-hybridized carbons (Fsp3) is 0.353. The van der Waals surface area contributed by atoms with Crippen molar-refractivity contribution in [3.8, 4) is 5.75 Å². The zero-order valence-electron chi connectivity index (χ0n) is 14.8. The highest BCUT2D eigenvalue weighted by Crippen LogP contribution is 2.34. The predicted molar refractivity (Wildman–Crippen MR) is 97.4 cm³/mol. The first-order valence-electron chi connectivity index (χ1n) is 8.52. The molecule has 5 N–H and O–H groups in total. The van der Waals surface area contributed by atoms with Crippen LogP contribution in [0.25, 0.3) is 11.2 Å². The lowest BCUT2D eigenvalue weighted by atomic mass is 10.1. The second kappa shape index (κ2) is 7.20. The first kappa shape index (κ1) is 18.4. The quantitative estimate of drug-likeness (QED) is 0.388. The minimum absolute atomic E-state index is 0.0382. The van der Waals surface area contributed by atoms with Crippen molar-refractivity contribution >= 4 is 22.8 Å². The molecule has 4 rings (SSSR count). The van der Waals surface area contributed by atoms with E-state index in [-0.39, 0.29) is 17.1 Å². The maximum absolute atomic E-state index is 12.2. The molecule has 1 saturated heterocycles. The fourth-order valence-electron chi connectivity index (χ4n) is 3.15. The van der Waals surface area contributed by atoms with Crippen LogP contribution >= 0.6 is 0 Å². The van der Waals surface area contributed by atoms with Gasteiger partial charge >= 0.3 is 0 Å². The lowest BCUT2D eigenvalue weighted by molar-refractivity contribution is -0.0501. The molecule has 4 atom stereocenters. The van der Waals surface area contributed by atoms with Gasteiger partial charge in [-0.1, -0.05) is 0 Å². The van der Waals surface area contributed by atoms with Crippen LogP contribution in [0.15, 0.2) is 35.4 Å². The highest BCUT2D eigenvalue weighted by Gasteiger charge is 2.45. The molecular formula is C17H19N5O6. The van der Waals surface area contributed by atoms with Crippen LogP contribution in [0.4, 0.5) is 11.6 Å². The van der Waals surface area contributed by atoms with E-state index in [2.05, 4.69) is 20.3 Å². The number of anilines is 2. The molecular weight excluding hydrogens is 370 g/mol. The number of aromatic amines is 1. The van der Waals surface area contributed by atoms with Gasteiger partial charge in [-0.05, 0) is 24.3 Å². The third kappa shape index (κ3) is 2.99. The van der Waals surface area contributed by atoms with Gasteiger partial charge in [0.2, 0.25) is 5.95 Å². The summed E-state index contributed by atoms with van der Waals surface area (Å²) in [5.41, 5.74) is 0.375. The number of hydrogen-bond acceptors (Lipinski definition) is 9. The Balaban J connectivity index is 1.80. The first-order chi connectivity index (χ1) is 13.5. The molecule has 0 saturated carbocycles. The summed E-state index contributed by atoms with van der Waals surface area (Å²) in [4.78, 5) is 23.0. The standard InChI is InChI=1S/C17H19N5O6/c1-27-9-4-2-8(3-5-9)20-17-21-11-14(18-7-19-15(11)26)22(17)16-13(25)12(24)10(6-23)28-16/h2-5,7,10,12-13,16,23-25H,6H2,1H3,(H,20,21)(H,18,19,26)/t10-,12+,13+,16+/m0/s1. The van der Waals surface area contributed by atoms with Gasteiger partial charge in [-0.15, -0.1) is 0 Å². The Kier molecular flexibility index (Phi) is 4.73. The molecule has 1 aromatic carbocycles. The van der Waals surface area contributed by atoms with Crippen molar-refractivity contribution < 1.29 is 24.8 Å². The topological polar surface area (TPSA) is 155 Å². The summed E-state index contributed by atoms with van der Waals surface area (Å²) in [6.07, 6.45) is -3.53. The van der Waals surface area contributed by atoms with Crippen molar-refractivity contribution in [2.75, 3.05) is 19.0 Å². The van der Waals surface area contributed by atoms with Gasteiger partial charge in [0.1, 0.15) is 24.1 Å². The largest absolute Gasteiger partial charge is 0.497 e. The first-order valence-corrected chi connectivity index (χ1v) is 8.52. The van der Waals surface area contributed by atoms with Crippen molar-refractivity contribution in [2.45, 2.75) is 24.5 Å². The van der Waals surface area contributed by atoms with Gasteiger partial charge in [-0.2, -0.15) is 0 Å². The molecule has 0 bridgehead atoms. The number of fused-ring (bicyclic) bond motifs is 1. The van der Waals surface area contributed by atoms with Crippen molar-refractivity contribution in [3.05, 3.63) is 40.9 Å². The van der Waals surface area contributed by atoms with Gasteiger partial charge in [0.15, 0.2) is 17.4 Å². The average Bonchev–Trinajstić information content (AvgIpc) is 3.21. The van der Waals surface area contributed by atoms with Crippen LogP contribution in [0.3, 0.4) is 0 Å². The second-order valence-corrected chi connectivity index (χ2v) is 6.29. The molecule has 2 aromatic heterocycles. The normalized spacial score (nSPS) is 24.6. The fourth-order valence-corrected chi connectivity index (χ4v) is 3.15. The Labute approximate surface area is 158 Å². The third-order valence-corrected chi connectivity index (χ3v) is 4.60. The van der Waals surface area contributed by atoms with E-state index in [0.29, 0.717) is 11.4 Å². The number of hydrogen-bond donors (Lipinski definition) is 5. The number of nitrogens with one attached hydrogen (secondary N) is 2. The lowest BCUT2D eigenvalue weighted by Gasteiger charge is -2.19. The smallest absolute Gasteiger partial charge is 0.278 e. The van der Waals surface area contributed by atoms with E-state index in [4.69, 9.17) is 9.47 Å². The molecule has 3 aromatic rings. The number of benzene rings is 1. The molecule has 0 radical (unpaired) electrons. The number of aliphatic hydroxyl groups is 3. The SMILES string of the molecule is COc1ccc(Nc2nc3c(=O)[nH]cnc3n2[C@@H]2O[C@@H](CO)[C@@H](O)[C@H]2O)cc1. The molecule has 1 aliphatic rings. The van der Waals surface area contributed by atoms with Crippen LogP contribution in [0, 0.1) is 0 Å². The monoisotopic (exact) mass is 389 g/mol. The van der Waals surface area contributed by atoms with E-state index in [1.54, 1.807) is 31.4 Å². The van der Waals surface area contributed by atoms with Gasteiger partial charge in [0, 0.05) is 5.69 Å².